The summed E-state index contributed by atoms with van der Waals surface area (Å²) < 4.78 is 12.6. The molecular weight excluding hydrogens is 195 g/mol. The van der Waals surface area contributed by atoms with Gasteiger partial charge in [-0.05, 0) is 43.4 Å². The van der Waals surface area contributed by atoms with Crippen LogP contribution in [-0.4, -0.2) is 22.9 Å². The molecule has 0 fully saturated rings. The third kappa shape index (κ3) is 3.98. The van der Waals surface area contributed by atoms with Crippen molar-refractivity contribution >= 4 is 0 Å². The molecule has 0 spiro atoms. The van der Waals surface area contributed by atoms with Gasteiger partial charge in [-0.3, -0.25) is 0 Å². The minimum absolute atomic E-state index is 0.0282. The van der Waals surface area contributed by atoms with Crippen LogP contribution in [0.5, 0.6) is 0 Å². The number of halogens is 1. The van der Waals surface area contributed by atoms with Gasteiger partial charge in [0.15, 0.2) is 0 Å². The van der Waals surface area contributed by atoms with Crippen LogP contribution in [0, 0.1) is 11.7 Å². The molecule has 1 aromatic carbocycles. The molecule has 84 valence electrons. The zero-order valence-electron chi connectivity index (χ0n) is 8.86. The van der Waals surface area contributed by atoms with Crippen LogP contribution < -0.4 is 0 Å². The SMILES string of the molecule is CC(O)C(CCO)Cc1ccc(F)cc1. The largest absolute Gasteiger partial charge is 0.396 e. The first-order valence-electron chi connectivity index (χ1n) is 5.17. The van der Waals surface area contributed by atoms with Gasteiger partial charge >= 0.3 is 0 Å². The molecule has 3 heteroatoms. The average Bonchev–Trinajstić information content (AvgIpc) is 2.20. The second kappa shape index (κ2) is 5.83. The minimum Gasteiger partial charge on any atom is -0.396 e. The highest BCUT2D eigenvalue weighted by molar-refractivity contribution is 5.16. The molecule has 1 rings (SSSR count). The number of rotatable bonds is 5. The molecular formula is C12H17FO2. The van der Waals surface area contributed by atoms with Gasteiger partial charge in [-0.25, -0.2) is 4.39 Å². The Morgan fingerprint density at radius 2 is 1.87 bits per heavy atom. The van der Waals surface area contributed by atoms with Crippen LogP contribution in [0.15, 0.2) is 24.3 Å². The van der Waals surface area contributed by atoms with Crippen LogP contribution in [0.1, 0.15) is 18.9 Å². The van der Waals surface area contributed by atoms with Crippen molar-refractivity contribution in [1.29, 1.82) is 0 Å². The maximum absolute atomic E-state index is 12.6. The summed E-state index contributed by atoms with van der Waals surface area (Å²) in [4.78, 5) is 0. The Morgan fingerprint density at radius 1 is 1.27 bits per heavy atom. The van der Waals surface area contributed by atoms with Crippen molar-refractivity contribution in [3.05, 3.63) is 35.6 Å². The van der Waals surface area contributed by atoms with Crippen molar-refractivity contribution in [2.45, 2.75) is 25.9 Å². The molecule has 0 heterocycles. The molecule has 0 aliphatic carbocycles. The Hall–Kier alpha value is -0.930. The van der Waals surface area contributed by atoms with Crippen LogP contribution in [0.3, 0.4) is 0 Å². The molecule has 1 aromatic rings. The van der Waals surface area contributed by atoms with Crippen LogP contribution >= 0.6 is 0 Å². The normalized spacial score (nSPS) is 14.9. The average molecular weight is 212 g/mol. The minimum atomic E-state index is -0.456. The van der Waals surface area contributed by atoms with Crippen LogP contribution in [0.4, 0.5) is 4.39 Å². The summed E-state index contributed by atoms with van der Waals surface area (Å²) in [5.41, 5.74) is 0.982. The highest BCUT2D eigenvalue weighted by atomic mass is 19.1. The summed E-state index contributed by atoms with van der Waals surface area (Å²) in [5, 5.41) is 18.3. The lowest BCUT2D eigenvalue weighted by molar-refractivity contribution is 0.105. The summed E-state index contributed by atoms with van der Waals surface area (Å²) in [6, 6.07) is 6.24. The van der Waals surface area contributed by atoms with E-state index in [0.29, 0.717) is 12.8 Å². The molecule has 0 aliphatic heterocycles. The monoisotopic (exact) mass is 212 g/mol. The number of benzene rings is 1. The van der Waals surface area contributed by atoms with E-state index in [2.05, 4.69) is 0 Å². The van der Waals surface area contributed by atoms with E-state index in [9.17, 15) is 9.50 Å². The summed E-state index contributed by atoms with van der Waals surface area (Å²) in [5.74, 6) is -0.227. The second-order valence-corrected chi connectivity index (χ2v) is 3.84. The van der Waals surface area contributed by atoms with Gasteiger partial charge < -0.3 is 10.2 Å². The zero-order chi connectivity index (χ0) is 11.3. The third-order valence-electron chi connectivity index (χ3n) is 2.59. The van der Waals surface area contributed by atoms with Gasteiger partial charge in [-0.15, -0.1) is 0 Å². The van der Waals surface area contributed by atoms with Crippen molar-refractivity contribution in [1.82, 2.24) is 0 Å². The standard InChI is InChI=1S/C12H17FO2/c1-9(15)11(6-7-14)8-10-2-4-12(13)5-3-10/h2-5,9,11,14-15H,6-8H2,1H3. The quantitative estimate of drug-likeness (QED) is 0.780. The number of hydrogen-bond donors (Lipinski definition) is 2. The summed E-state index contributed by atoms with van der Waals surface area (Å²) >= 11 is 0. The van der Waals surface area contributed by atoms with E-state index in [-0.39, 0.29) is 18.3 Å². The van der Waals surface area contributed by atoms with Crippen molar-refractivity contribution in [2.24, 2.45) is 5.92 Å². The van der Waals surface area contributed by atoms with Crippen molar-refractivity contribution in [3.8, 4) is 0 Å². The fourth-order valence-corrected chi connectivity index (χ4v) is 1.60. The Bertz CT molecular complexity index is 282. The lowest BCUT2D eigenvalue weighted by atomic mass is 9.92. The highest BCUT2D eigenvalue weighted by Gasteiger charge is 2.14. The fraction of sp³-hybridized carbons (Fsp3) is 0.500. The number of hydrogen-bond acceptors (Lipinski definition) is 2. The van der Waals surface area contributed by atoms with E-state index < -0.39 is 6.10 Å². The van der Waals surface area contributed by atoms with Gasteiger partial charge in [-0.1, -0.05) is 12.1 Å². The van der Waals surface area contributed by atoms with E-state index in [4.69, 9.17) is 5.11 Å². The van der Waals surface area contributed by atoms with Gasteiger partial charge in [0, 0.05) is 6.61 Å². The molecule has 0 bridgehead atoms. The molecule has 2 nitrogen and oxygen atoms in total. The second-order valence-electron chi connectivity index (χ2n) is 3.84. The Morgan fingerprint density at radius 3 is 2.33 bits per heavy atom. The highest BCUT2D eigenvalue weighted by Crippen LogP contribution is 2.16. The molecule has 2 atom stereocenters. The molecule has 2 N–H and O–H groups in total. The maximum atomic E-state index is 12.6. The summed E-state index contributed by atoms with van der Waals surface area (Å²) in [6.45, 7) is 1.78. The van der Waals surface area contributed by atoms with E-state index in [1.165, 1.54) is 12.1 Å². The van der Waals surface area contributed by atoms with Gasteiger partial charge in [0.1, 0.15) is 5.82 Å². The van der Waals surface area contributed by atoms with Crippen molar-refractivity contribution in [2.75, 3.05) is 6.61 Å². The molecule has 0 saturated heterocycles. The molecule has 0 radical (unpaired) electrons. The van der Waals surface area contributed by atoms with Crippen molar-refractivity contribution in [3.63, 3.8) is 0 Å². The molecule has 0 saturated carbocycles. The fourth-order valence-electron chi connectivity index (χ4n) is 1.60. The molecule has 0 amide bonds. The van der Waals surface area contributed by atoms with Gasteiger partial charge in [0.2, 0.25) is 0 Å². The first-order valence-corrected chi connectivity index (χ1v) is 5.17. The first kappa shape index (κ1) is 12.1. The smallest absolute Gasteiger partial charge is 0.123 e. The van der Waals surface area contributed by atoms with Crippen molar-refractivity contribution < 1.29 is 14.6 Å². The third-order valence-corrected chi connectivity index (χ3v) is 2.59. The van der Waals surface area contributed by atoms with Crippen LogP contribution in [-0.2, 0) is 6.42 Å². The number of aliphatic hydroxyl groups excluding tert-OH is 2. The lowest BCUT2D eigenvalue weighted by Gasteiger charge is -2.18. The Kier molecular flexibility index (Phi) is 4.72. The molecule has 15 heavy (non-hydrogen) atoms. The first-order chi connectivity index (χ1) is 7.13. The van der Waals surface area contributed by atoms with E-state index in [1.807, 2.05) is 0 Å². The topological polar surface area (TPSA) is 40.5 Å². The number of aliphatic hydroxyl groups is 2. The van der Waals surface area contributed by atoms with E-state index in [1.54, 1.807) is 19.1 Å². The van der Waals surface area contributed by atoms with E-state index in [0.717, 1.165) is 5.56 Å². The van der Waals surface area contributed by atoms with Crippen LogP contribution in [0.2, 0.25) is 0 Å². The summed E-state index contributed by atoms with van der Waals surface area (Å²) in [6.07, 6.45) is 0.773. The summed E-state index contributed by atoms with van der Waals surface area (Å²) in [7, 11) is 0. The molecule has 0 aliphatic rings. The Balaban J connectivity index is 2.61. The van der Waals surface area contributed by atoms with Gasteiger partial charge in [-0.2, -0.15) is 0 Å². The molecule has 0 aromatic heterocycles. The zero-order valence-corrected chi connectivity index (χ0v) is 8.86. The predicted octanol–water partition coefficient (Wildman–Crippen LogP) is 1.75. The lowest BCUT2D eigenvalue weighted by Crippen LogP contribution is -2.20. The van der Waals surface area contributed by atoms with E-state index >= 15 is 0 Å². The maximum Gasteiger partial charge on any atom is 0.123 e. The predicted molar refractivity (Wildman–Crippen MR) is 57.0 cm³/mol. The van der Waals surface area contributed by atoms with Gasteiger partial charge in [0.05, 0.1) is 6.10 Å². The van der Waals surface area contributed by atoms with Gasteiger partial charge in [0.25, 0.3) is 0 Å². The Labute approximate surface area is 89.4 Å². The van der Waals surface area contributed by atoms with Crippen LogP contribution in [0.25, 0.3) is 0 Å². The molecule has 2 unspecified atom stereocenters.